The molecule has 0 heterocycles. The second-order valence-electron chi connectivity index (χ2n) is 5.93. The molecule has 0 aliphatic carbocycles. The molecule has 0 bridgehead atoms. The molecular formula is C20H23NO2S. The Morgan fingerprint density at radius 1 is 0.958 bits per heavy atom. The van der Waals surface area contributed by atoms with Crippen molar-refractivity contribution >= 4 is 22.8 Å². The molecule has 0 aliphatic heterocycles. The van der Waals surface area contributed by atoms with Gasteiger partial charge in [0.2, 0.25) is 5.91 Å². The molecule has 0 fully saturated rings. The van der Waals surface area contributed by atoms with Gasteiger partial charge in [-0.2, -0.15) is 0 Å². The molecule has 0 saturated carbocycles. The van der Waals surface area contributed by atoms with E-state index >= 15 is 0 Å². The number of thioether (sulfide) groups is 1. The predicted octanol–water partition coefficient (Wildman–Crippen LogP) is 4.02. The standard InChI is InChI=1S/C20H23NO2S/c1-15(22)24-19(20(23)21(2)3)14-11-16-9-12-18(13-10-16)17-7-5-4-6-8-17/h4-10,12-13,19H,11,14H2,1-3H3. The van der Waals surface area contributed by atoms with Crippen LogP contribution in [0.3, 0.4) is 0 Å². The maximum Gasteiger partial charge on any atom is 0.235 e. The highest BCUT2D eigenvalue weighted by molar-refractivity contribution is 8.14. The van der Waals surface area contributed by atoms with E-state index in [-0.39, 0.29) is 16.3 Å². The van der Waals surface area contributed by atoms with E-state index in [9.17, 15) is 9.59 Å². The minimum Gasteiger partial charge on any atom is -0.348 e. The molecule has 2 aromatic rings. The Bertz CT molecular complexity index is 681. The van der Waals surface area contributed by atoms with Gasteiger partial charge in [0.25, 0.3) is 0 Å². The zero-order valence-corrected chi connectivity index (χ0v) is 15.2. The Balaban J connectivity index is 2.02. The summed E-state index contributed by atoms with van der Waals surface area (Å²) in [4.78, 5) is 25.1. The van der Waals surface area contributed by atoms with Gasteiger partial charge in [-0.3, -0.25) is 9.59 Å². The first-order valence-corrected chi connectivity index (χ1v) is 8.88. The van der Waals surface area contributed by atoms with Crippen molar-refractivity contribution < 1.29 is 9.59 Å². The Labute approximate surface area is 148 Å². The van der Waals surface area contributed by atoms with E-state index < -0.39 is 0 Å². The van der Waals surface area contributed by atoms with Crippen molar-refractivity contribution in [2.75, 3.05) is 14.1 Å². The molecule has 1 atom stereocenters. The van der Waals surface area contributed by atoms with E-state index in [2.05, 4.69) is 36.4 Å². The van der Waals surface area contributed by atoms with Crippen LogP contribution in [0.2, 0.25) is 0 Å². The van der Waals surface area contributed by atoms with E-state index in [0.29, 0.717) is 6.42 Å². The number of carbonyl (C=O) groups excluding carboxylic acids is 2. The number of rotatable bonds is 6. The number of hydrogen-bond donors (Lipinski definition) is 0. The molecule has 1 unspecified atom stereocenters. The van der Waals surface area contributed by atoms with Crippen LogP contribution in [0.4, 0.5) is 0 Å². The third-order valence-electron chi connectivity index (χ3n) is 3.78. The molecule has 0 aliphatic rings. The largest absolute Gasteiger partial charge is 0.348 e. The Kier molecular flexibility index (Phi) is 6.62. The van der Waals surface area contributed by atoms with Crippen LogP contribution < -0.4 is 0 Å². The second-order valence-corrected chi connectivity index (χ2v) is 7.31. The molecular weight excluding hydrogens is 318 g/mol. The molecule has 0 aromatic heterocycles. The number of nitrogens with zero attached hydrogens (tertiary/aromatic N) is 1. The van der Waals surface area contributed by atoms with E-state index in [1.807, 2.05) is 18.2 Å². The molecule has 4 heteroatoms. The van der Waals surface area contributed by atoms with Crippen LogP contribution in [-0.4, -0.2) is 35.3 Å². The van der Waals surface area contributed by atoms with Crippen molar-refractivity contribution in [2.45, 2.75) is 25.0 Å². The highest BCUT2D eigenvalue weighted by atomic mass is 32.2. The number of carbonyl (C=O) groups is 2. The van der Waals surface area contributed by atoms with Crippen LogP contribution in [0.5, 0.6) is 0 Å². The molecule has 24 heavy (non-hydrogen) atoms. The topological polar surface area (TPSA) is 37.4 Å². The van der Waals surface area contributed by atoms with Gasteiger partial charge in [0, 0.05) is 21.0 Å². The molecule has 1 amide bonds. The zero-order chi connectivity index (χ0) is 17.5. The minimum atomic E-state index is -0.314. The Morgan fingerprint density at radius 3 is 2.08 bits per heavy atom. The van der Waals surface area contributed by atoms with Gasteiger partial charge in [0.1, 0.15) is 0 Å². The van der Waals surface area contributed by atoms with Crippen LogP contribution in [0.1, 0.15) is 18.9 Å². The molecule has 2 aromatic carbocycles. The molecule has 0 radical (unpaired) electrons. The lowest BCUT2D eigenvalue weighted by molar-refractivity contribution is -0.128. The van der Waals surface area contributed by atoms with E-state index in [1.54, 1.807) is 19.0 Å². The van der Waals surface area contributed by atoms with E-state index in [1.165, 1.54) is 23.6 Å². The Hall–Kier alpha value is -2.07. The maximum atomic E-state index is 12.2. The van der Waals surface area contributed by atoms with Gasteiger partial charge >= 0.3 is 0 Å². The van der Waals surface area contributed by atoms with Crippen molar-refractivity contribution in [3.05, 3.63) is 60.2 Å². The highest BCUT2D eigenvalue weighted by Crippen LogP contribution is 2.22. The van der Waals surface area contributed by atoms with Crippen molar-refractivity contribution in [3.63, 3.8) is 0 Å². The first-order valence-electron chi connectivity index (χ1n) is 8.00. The van der Waals surface area contributed by atoms with Crippen LogP contribution in [-0.2, 0) is 16.0 Å². The summed E-state index contributed by atoms with van der Waals surface area (Å²) in [6.45, 7) is 1.51. The van der Waals surface area contributed by atoms with E-state index in [4.69, 9.17) is 0 Å². The van der Waals surface area contributed by atoms with Gasteiger partial charge in [-0.15, -0.1) is 0 Å². The van der Waals surface area contributed by atoms with Gasteiger partial charge in [-0.25, -0.2) is 0 Å². The average molecular weight is 341 g/mol. The smallest absolute Gasteiger partial charge is 0.235 e. The number of hydrogen-bond acceptors (Lipinski definition) is 3. The summed E-state index contributed by atoms with van der Waals surface area (Å²) in [5.41, 5.74) is 3.55. The summed E-state index contributed by atoms with van der Waals surface area (Å²) in [7, 11) is 3.45. The lowest BCUT2D eigenvalue weighted by Gasteiger charge is -2.19. The first kappa shape index (κ1) is 18.3. The quantitative estimate of drug-likeness (QED) is 0.796. The van der Waals surface area contributed by atoms with Crippen molar-refractivity contribution in [2.24, 2.45) is 0 Å². The van der Waals surface area contributed by atoms with Crippen LogP contribution in [0.25, 0.3) is 11.1 Å². The van der Waals surface area contributed by atoms with Crippen molar-refractivity contribution in [1.29, 1.82) is 0 Å². The van der Waals surface area contributed by atoms with Crippen LogP contribution in [0.15, 0.2) is 54.6 Å². The summed E-state index contributed by atoms with van der Waals surface area (Å²) >= 11 is 1.13. The fraction of sp³-hybridized carbons (Fsp3) is 0.300. The monoisotopic (exact) mass is 341 g/mol. The summed E-state index contributed by atoms with van der Waals surface area (Å²) in [6.07, 6.45) is 1.44. The number of benzene rings is 2. The lowest BCUT2D eigenvalue weighted by atomic mass is 10.0. The van der Waals surface area contributed by atoms with Crippen LogP contribution >= 0.6 is 11.8 Å². The average Bonchev–Trinajstić information content (AvgIpc) is 2.59. The summed E-state index contributed by atoms with van der Waals surface area (Å²) in [6, 6.07) is 18.6. The van der Waals surface area contributed by atoms with Crippen molar-refractivity contribution in [3.8, 4) is 11.1 Å². The highest BCUT2D eigenvalue weighted by Gasteiger charge is 2.22. The summed E-state index contributed by atoms with van der Waals surface area (Å²) < 4.78 is 0. The molecule has 126 valence electrons. The van der Waals surface area contributed by atoms with Gasteiger partial charge in [-0.1, -0.05) is 66.4 Å². The Morgan fingerprint density at radius 2 is 1.54 bits per heavy atom. The number of amides is 1. The second kappa shape index (κ2) is 8.69. The molecule has 0 spiro atoms. The van der Waals surface area contributed by atoms with Gasteiger partial charge in [0.15, 0.2) is 5.12 Å². The third-order valence-corrected chi connectivity index (χ3v) is 4.83. The summed E-state index contributed by atoms with van der Waals surface area (Å²) in [5.74, 6) is -0.00361. The van der Waals surface area contributed by atoms with E-state index in [0.717, 1.165) is 18.2 Å². The maximum absolute atomic E-state index is 12.2. The third kappa shape index (κ3) is 5.24. The minimum absolute atomic E-state index is 0.00361. The van der Waals surface area contributed by atoms with Crippen molar-refractivity contribution in [1.82, 2.24) is 4.90 Å². The van der Waals surface area contributed by atoms with Gasteiger partial charge < -0.3 is 4.90 Å². The molecule has 3 nitrogen and oxygen atoms in total. The number of aryl methyl sites for hydroxylation is 1. The fourth-order valence-corrected chi connectivity index (χ4v) is 3.46. The first-order chi connectivity index (χ1) is 11.5. The predicted molar refractivity (Wildman–Crippen MR) is 101 cm³/mol. The summed E-state index contributed by atoms with van der Waals surface area (Å²) in [5, 5.41) is -0.332. The zero-order valence-electron chi connectivity index (χ0n) is 14.4. The molecule has 2 rings (SSSR count). The van der Waals surface area contributed by atoms with Crippen LogP contribution in [0, 0.1) is 0 Å². The lowest BCUT2D eigenvalue weighted by Crippen LogP contribution is -2.32. The fourth-order valence-electron chi connectivity index (χ4n) is 2.51. The molecule has 0 saturated heterocycles. The van der Waals surface area contributed by atoms with Gasteiger partial charge in [-0.05, 0) is 29.5 Å². The van der Waals surface area contributed by atoms with Gasteiger partial charge in [0.05, 0.1) is 5.25 Å². The molecule has 0 N–H and O–H groups in total. The normalized spacial score (nSPS) is 11.8. The SMILES string of the molecule is CC(=O)SC(CCc1ccc(-c2ccccc2)cc1)C(=O)N(C)C.